The van der Waals surface area contributed by atoms with Crippen LogP contribution in [0.4, 0.5) is 0 Å². The van der Waals surface area contributed by atoms with E-state index in [-0.39, 0.29) is 6.17 Å². The van der Waals surface area contributed by atoms with Gasteiger partial charge in [0, 0.05) is 17.8 Å². The van der Waals surface area contributed by atoms with Crippen molar-refractivity contribution in [2.75, 3.05) is 0 Å². The average Bonchev–Trinajstić information content (AvgIpc) is 2.99. The lowest BCUT2D eigenvalue weighted by molar-refractivity contribution is 0.343. The Morgan fingerprint density at radius 2 is 1.32 bits per heavy atom. The van der Waals surface area contributed by atoms with Gasteiger partial charge in [0.25, 0.3) is 0 Å². The first-order valence-corrected chi connectivity index (χ1v) is 7.64. The van der Waals surface area contributed by atoms with Crippen molar-refractivity contribution in [1.82, 2.24) is 19.6 Å². The Labute approximate surface area is 131 Å². The molecule has 3 aromatic rings. The number of hydrogen-bond acceptors (Lipinski definition) is 2. The van der Waals surface area contributed by atoms with E-state index in [1.807, 2.05) is 19.9 Å². The van der Waals surface area contributed by atoms with Crippen molar-refractivity contribution in [3.63, 3.8) is 0 Å². The van der Waals surface area contributed by atoms with E-state index >= 15 is 0 Å². The second-order valence-corrected chi connectivity index (χ2v) is 5.91. The van der Waals surface area contributed by atoms with Gasteiger partial charge < -0.3 is 0 Å². The van der Waals surface area contributed by atoms with Crippen LogP contribution < -0.4 is 0 Å². The van der Waals surface area contributed by atoms with E-state index in [1.54, 1.807) is 0 Å². The molecule has 0 unspecified atom stereocenters. The van der Waals surface area contributed by atoms with Crippen LogP contribution in [0.3, 0.4) is 0 Å². The van der Waals surface area contributed by atoms with Gasteiger partial charge in [0.15, 0.2) is 0 Å². The van der Waals surface area contributed by atoms with Gasteiger partial charge in [-0.3, -0.25) is 0 Å². The molecule has 0 radical (unpaired) electrons. The van der Waals surface area contributed by atoms with E-state index in [0.29, 0.717) is 0 Å². The fourth-order valence-electron chi connectivity index (χ4n) is 3.00. The van der Waals surface area contributed by atoms with Gasteiger partial charge in [0.1, 0.15) is 6.17 Å². The largest absolute Gasteiger partial charge is 0.245 e. The van der Waals surface area contributed by atoms with Crippen LogP contribution in [0.5, 0.6) is 0 Å². The molecule has 1 aromatic carbocycles. The first kappa shape index (κ1) is 14.6. The average molecular weight is 294 g/mol. The minimum Gasteiger partial charge on any atom is -0.245 e. The number of rotatable bonds is 4. The Balaban J connectivity index is 2.06. The molecule has 3 rings (SSSR count). The molecule has 0 aliphatic carbocycles. The van der Waals surface area contributed by atoms with Gasteiger partial charge in [-0.25, -0.2) is 9.36 Å². The minimum absolute atomic E-state index is 0.0600. The summed E-state index contributed by atoms with van der Waals surface area (Å²) in [5.41, 5.74) is 5.68. The van der Waals surface area contributed by atoms with Crippen molar-refractivity contribution in [2.24, 2.45) is 0 Å². The third-order valence-corrected chi connectivity index (χ3v) is 3.91. The van der Waals surface area contributed by atoms with Crippen LogP contribution in [0, 0.1) is 27.7 Å². The second kappa shape index (κ2) is 5.79. The number of aromatic nitrogens is 4. The van der Waals surface area contributed by atoms with Crippen LogP contribution in [0.1, 0.15) is 34.5 Å². The lowest BCUT2D eigenvalue weighted by atomic mass is 10.1. The monoisotopic (exact) mass is 294 g/mol. The summed E-state index contributed by atoms with van der Waals surface area (Å²) < 4.78 is 4.17. The van der Waals surface area contributed by atoms with Crippen LogP contribution in [0.2, 0.25) is 0 Å². The highest BCUT2D eigenvalue weighted by Gasteiger charge is 2.20. The van der Waals surface area contributed by atoms with Gasteiger partial charge in [-0.05, 0) is 45.4 Å². The van der Waals surface area contributed by atoms with E-state index in [2.05, 4.69) is 69.8 Å². The fourth-order valence-corrected chi connectivity index (χ4v) is 3.00. The summed E-state index contributed by atoms with van der Waals surface area (Å²) in [6.45, 7) is 8.27. The zero-order valence-electron chi connectivity index (χ0n) is 13.6. The molecule has 0 aliphatic rings. The van der Waals surface area contributed by atoms with Crippen LogP contribution in [0.15, 0.2) is 42.5 Å². The van der Waals surface area contributed by atoms with Crippen molar-refractivity contribution in [2.45, 2.75) is 40.3 Å². The summed E-state index contributed by atoms with van der Waals surface area (Å²) in [6, 6.07) is 14.7. The quantitative estimate of drug-likeness (QED) is 0.737. The maximum Gasteiger partial charge on any atom is 0.147 e. The summed E-state index contributed by atoms with van der Waals surface area (Å²) in [5.74, 6) is 0. The predicted octanol–water partition coefficient (Wildman–Crippen LogP) is 3.60. The maximum atomic E-state index is 4.69. The number of nitrogens with zero attached hydrogens (tertiary/aromatic N) is 4. The normalized spacial score (nSPS) is 11.3. The van der Waals surface area contributed by atoms with Crippen molar-refractivity contribution in [3.05, 3.63) is 70.8 Å². The Kier molecular flexibility index (Phi) is 3.84. The number of hydrogen-bond donors (Lipinski definition) is 0. The second-order valence-electron chi connectivity index (χ2n) is 5.91. The first-order chi connectivity index (χ1) is 10.5. The first-order valence-electron chi connectivity index (χ1n) is 7.64. The number of aryl methyl sites for hydroxylation is 4. The van der Waals surface area contributed by atoms with Gasteiger partial charge in [-0.15, -0.1) is 0 Å². The Bertz CT molecular complexity index is 721. The lowest BCUT2D eigenvalue weighted by Gasteiger charge is -2.21. The third kappa shape index (κ3) is 2.82. The van der Waals surface area contributed by atoms with Crippen molar-refractivity contribution in [1.29, 1.82) is 0 Å². The topological polar surface area (TPSA) is 35.6 Å². The van der Waals surface area contributed by atoms with E-state index in [4.69, 9.17) is 0 Å². The molecule has 2 aromatic heterocycles. The summed E-state index contributed by atoms with van der Waals surface area (Å²) in [7, 11) is 0. The van der Waals surface area contributed by atoms with E-state index in [1.165, 1.54) is 5.56 Å². The van der Waals surface area contributed by atoms with E-state index in [9.17, 15) is 0 Å². The third-order valence-electron chi connectivity index (χ3n) is 3.91. The molecule has 0 saturated heterocycles. The zero-order valence-corrected chi connectivity index (χ0v) is 13.6. The number of benzene rings is 1. The van der Waals surface area contributed by atoms with Crippen LogP contribution in [0.25, 0.3) is 0 Å². The molecule has 0 saturated carbocycles. The fraction of sp³-hybridized carbons (Fsp3) is 0.333. The minimum atomic E-state index is 0.0600. The van der Waals surface area contributed by atoms with Gasteiger partial charge in [-0.2, -0.15) is 10.2 Å². The highest BCUT2D eigenvalue weighted by Crippen LogP contribution is 2.21. The summed E-state index contributed by atoms with van der Waals surface area (Å²) >= 11 is 0. The van der Waals surface area contributed by atoms with Gasteiger partial charge in [0.2, 0.25) is 0 Å². The van der Waals surface area contributed by atoms with Crippen molar-refractivity contribution < 1.29 is 0 Å². The van der Waals surface area contributed by atoms with Crippen LogP contribution in [-0.2, 0) is 6.42 Å². The van der Waals surface area contributed by atoms with Gasteiger partial charge >= 0.3 is 0 Å². The van der Waals surface area contributed by atoms with Crippen molar-refractivity contribution in [3.8, 4) is 0 Å². The lowest BCUT2D eigenvalue weighted by Crippen LogP contribution is -2.25. The molecule has 0 N–H and O–H groups in total. The Morgan fingerprint density at radius 3 is 1.73 bits per heavy atom. The van der Waals surface area contributed by atoms with Gasteiger partial charge in [0.05, 0.1) is 11.4 Å². The molecule has 0 aliphatic heterocycles. The standard InChI is InChI=1S/C18H22N4/c1-13-10-15(3)21(19-13)18(12-17-8-6-5-7-9-17)22-16(4)11-14(2)20-22/h5-11,18H,12H2,1-4H3. The van der Waals surface area contributed by atoms with Crippen LogP contribution >= 0.6 is 0 Å². The molecular weight excluding hydrogens is 272 g/mol. The molecule has 2 heterocycles. The SMILES string of the molecule is Cc1cc(C)n(C(Cc2ccccc2)n2nc(C)cc2C)n1. The molecule has 114 valence electrons. The molecule has 0 spiro atoms. The molecule has 4 heteroatoms. The van der Waals surface area contributed by atoms with E-state index in [0.717, 1.165) is 29.2 Å². The summed E-state index contributed by atoms with van der Waals surface area (Å²) in [6.07, 6.45) is 0.926. The molecule has 0 amide bonds. The Hall–Kier alpha value is -2.36. The maximum absolute atomic E-state index is 4.69. The summed E-state index contributed by atoms with van der Waals surface area (Å²) in [4.78, 5) is 0. The van der Waals surface area contributed by atoms with Crippen molar-refractivity contribution >= 4 is 0 Å². The molecule has 22 heavy (non-hydrogen) atoms. The smallest absolute Gasteiger partial charge is 0.147 e. The molecular formula is C18H22N4. The predicted molar refractivity (Wildman–Crippen MR) is 88.0 cm³/mol. The molecule has 0 fully saturated rings. The highest BCUT2D eigenvalue weighted by atomic mass is 15.5. The summed E-state index contributed by atoms with van der Waals surface area (Å²) in [5, 5.41) is 9.38. The molecule has 0 atom stereocenters. The molecule has 4 nitrogen and oxygen atoms in total. The zero-order chi connectivity index (χ0) is 15.7. The molecule has 0 bridgehead atoms. The highest BCUT2D eigenvalue weighted by molar-refractivity contribution is 5.18. The van der Waals surface area contributed by atoms with Gasteiger partial charge in [-0.1, -0.05) is 30.3 Å². The van der Waals surface area contributed by atoms with E-state index < -0.39 is 0 Å². The van der Waals surface area contributed by atoms with Crippen LogP contribution in [-0.4, -0.2) is 19.6 Å². The Morgan fingerprint density at radius 1 is 0.818 bits per heavy atom.